The van der Waals surface area contributed by atoms with Gasteiger partial charge in [-0.2, -0.15) is 0 Å². The number of Topliss-reactive ketones (excluding diaryl/α,β-unsaturated/α-hetero) is 1. The molecule has 2 aromatic carbocycles. The summed E-state index contributed by atoms with van der Waals surface area (Å²) in [6.07, 6.45) is -2.41. The number of hydrogen-bond acceptors (Lipinski definition) is 10. The molecule has 14 heteroatoms. The quantitative estimate of drug-likeness (QED) is 0.128. The molecule has 2 aliphatic rings. The van der Waals surface area contributed by atoms with E-state index in [1.807, 2.05) is 26.0 Å². The number of carboxylic acids is 2. The van der Waals surface area contributed by atoms with Crippen LogP contribution >= 0.6 is 0 Å². The molecule has 0 aliphatic carbocycles. The number of aliphatic carboxylic acids is 2. The first-order valence-corrected chi connectivity index (χ1v) is 15.6. The number of aliphatic hydroxyl groups is 3. The first-order valence-electron chi connectivity index (χ1n) is 15.6. The predicted molar refractivity (Wildman–Crippen MR) is 167 cm³/mol. The van der Waals surface area contributed by atoms with Crippen LogP contribution in [0.2, 0.25) is 0 Å². The minimum atomic E-state index is -2.27. The van der Waals surface area contributed by atoms with E-state index in [0.717, 1.165) is 25.9 Å². The fraction of sp³-hybridized carbons (Fsp3) is 0.515. The molecule has 0 saturated carbocycles. The third kappa shape index (κ3) is 11.8. The summed E-state index contributed by atoms with van der Waals surface area (Å²) < 4.78 is 17.0. The van der Waals surface area contributed by atoms with Gasteiger partial charge in [0.15, 0.2) is 29.5 Å². The highest BCUT2D eigenvalue weighted by Gasteiger charge is 2.31. The van der Waals surface area contributed by atoms with E-state index in [0.29, 0.717) is 60.5 Å². The van der Waals surface area contributed by atoms with E-state index in [-0.39, 0.29) is 24.7 Å². The lowest BCUT2D eigenvalue weighted by Crippen LogP contribution is -3.11. The number of benzene rings is 2. The minimum Gasteiger partial charge on any atom is -0.493 e. The van der Waals surface area contributed by atoms with Gasteiger partial charge in [-0.15, -0.1) is 0 Å². The Balaban J connectivity index is 0.000000520. The van der Waals surface area contributed by atoms with Crippen molar-refractivity contribution in [3.63, 3.8) is 0 Å². The molecule has 2 heterocycles. The van der Waals surface area contributed by atoms with E-state index < -0.39 is 36.3 Å². The molecule has 1 amide bonds. The number of carboxylic acid groups (broad SMARTS) is 2. The van der Waals surface area contributed by atoms with Crippen LogP contribution in [-0.4, -0.2) is 107 Å². The zero-order valence-corrected chi connectivity index (χ0v) is 26.6. The molecule has 0 bridgehead atoms. The van der Waals surface area contributed by atoms with Crippen LogP contribution in [0.1, 0.15) is 61.6 Å². The van der Waals surface area contributed by atoms with Gasteiger partial charge in [-0.25, -0.2) is 9.59 Å². The molecule has 0 spiro atoms. The normalized spacial score (nSPS) is 16.6. The van der Waals surface area contributed by atoms with Gasteiger partial charge >= 0.3 is 11.9 Å². The van der Waals surface area contributed by atoms with E-state index in [1.54, 1.807) is 30.3 Å². The third-order valence-electron chi connectivity index (χ3n) is 7.63. The molecular weight excluding hydrogens is 616 g/mol. The Morgan fingerprint density at radius 2 is 1.47 bits per heavy atom. The van der Waals surface area contributed by atoms with E-state index in [4.69, 9.17) is 34.6 Å². The van der Waals surface area contributed by atoms with Crippen molar-refractivity contribution in [3.05, 3.63) is 53.6 Å². The smallest absolute Gasteiger partial charge is 0.335 e. The van der Waals surface area contributed by atoms with E-state index in [1.165, 1.54) is 4.90 Å². The molecule has 0 radical (unpaired) electrons. The Hall–Kier alpha value is -4.24. The summed E-state index contributed by atoms with van der Waals surface area (Å²) in [4.78, 5) is 46.0. The number of hydrogen-bond donors (Lipinski definition) is 7. The topological polar surface area (TPSA) is 214 Å². The highest BCUT2D eigenvalue weighted by molar-refractivity contribution is 5.96. The molecule has 2 aliphatic heterocycles. The van der Waals surface area contributed by atoms with Crippen LogP contribution in [0.3, 0.4) is 0 Å². The van der Waals surface area contributed by atoms with Crippen LogP contribution in [-0.2, 0) is 14.4 Å². The zero-order valence-electron chi connectivity index (χ0n) is 26.6. The number of carbonyl (C=O) groups is 4. The predicted octanol–water partition coefficient (Wildman–Crippen LogP) is 0.230. The molecule has 14 nitrogen and oxygen atoms in total. The van der Waals surface area contributed by atoms with Gasteiger partial charge in [-0.3, -0.25) is 9.59 Å². The van der Waals surface area contributed by atoms with E-state index >= 15 is 0 Å². The molecule has 4 atom stereocenters. The summed E-state index contributed by atoms with van der Waals surface area (Å²) in [7, 11) is 0. The average molecular weight is 662 g/mol. The molecule has 4 rings (SSSR count). The van der Waals surface area contributed by atoms with Crippen molar-refractivity contribution in [2.45, 2.75) is 63.9 Å². The number of fused-ring (bicyclic) bond motifs is 1. The van der Waals surface area contributed by atoms with Crippen LogP contribution in [0.25, 0.3) is 0 Å². The van der Waals surface area contributed by atoms with Gasteiger partial charge in [0.05, 0.1) is 26.1 Å². The SMILES string of the molecule is CC(C)CC(=O)c1ccc(OCCC(=O)N[C@H](C[NH+]2CCCC2)[C@H](O)c2ccc3c(c2)OCCO3)cc1.O=C(O)[C@@H](O)[C@H](O)C(=O)O. The monoisotopic (exact) mass is 661 g/mol. The molecule has 0 unspecified atom stereocenters. The first-order chi connectivity index (χ1) is 22.3. The lowest BCUT2D eigenvalue weighted by Gasteiger charge is -2.27. The number of rotatable bonds is 15. The first kappa shape index (κ1) is 37.2. The Labute approximate surface area is 272 Å². The van der Waals surface area contributed by atoms with Crippen molar-refractivity contribution < 1.29 is 63.8 Å². The van der Waals surface area contributed by atoms with Crippen LogP contribution in [0.5, 0.6) is 17.2 Å². The number of aliphatic hydroxyl groups excluding tert-OH is 3. The fourth-order valence-corrected chi connectivity index (χ4v) is 5.14. The minimum absolute atomic E-state index is 0.115. The summed E-state index contributed by atoms with van der Waals surface area (Å²) in [5.74, 6) is -1.39. The van der Waals surface area contributed by atoms with Gasteiger partial charge < -0.3 is 50.0 Å². The molecule has 1 fully saturated rings. The molecule has 0 aromatic heterocycles. The summed E-state index contributed by atoms with van der Waals surface area (Å²) in [6, 6.07) is 12.1. The number of likely N-dealkylation sites (tertiary alicyclic amines) is 1. The number of ether oxygens (including phenoxy) is 3. The molecule has 258 valence electrons. The van der Waals surface area contributed by atoms with Crippen molar-refractivity contribution >= 4 is 23.6 Å². The molecule has 7 N–H and O–H groups in total. The van der Waals surface area contributed by atoms with Crippen LogP contribution in [0.15, 0.2) is 42.5 Å². The molecule has 1 saturated heterocycles. The Kier molecular flexibility index (Phi) is 14.4. The molecule has 2 aromatic rings. The van der Waals surface area contributed by atoms with E-state index in [9.17, 15) is 24.3 Å². The molecule has 47 heavy (non-hydrogen) atoms. The second-order valence-electron chi connectivity index (χ2n) is 11.9. The van der Waals surface area contributed by atoms with Crippen LogP contribution in [0, 0.1) is 5.92 Å². The standard InChI is InChI=1S/C29H38N2O6.C4H6O6/c1-20(2)17-25(32)21-5-8-23(9-6-21)35-14-11-28(33)30-24(19-31-12-3-4-13-31)29(34)22-7-10-26-27(18-22)37-16-15-36-26;5-1(3(7)8)2(6)4(9)10/h5-10,18,20,24,29,34H,3-4,11-17,19H2,1-2H3,(H,30,33);1-2,5-6H,(H,7,8)(H,9,10)/p+1/t24-,29-;1-,2-/m10/s1. The maximum atomic E-state index is 12.8. The maximum absolute atomic E-state index is 12.8. The largest absolute Gasteiger partial charge is 0.493 e. The van der Waals surface area contributed by atoms with Crippen LogP contribution in [0.4, 0.5) is 0 Å². The van der Waals surface area contributed by atoms with Gasteiger partial charge in [-0.05, 0) is 47.9 Å². The number of ketones is 1. The van der Waals surface area contributed by atoms with Crippen LogP contribution < -0.4 is 24.4 Å². The van der Waals surface area contributed by atoms with Crippen molar-refractivity contribution in [3.8, 4) is 17.2 Å². The van der Waals surface area contributed by atoms with Crippen molar-refractivity contribution in [1.29, 1.82) is 0 Å². The summed E-state index contributed by atoms with van der Waals surface area (Å²) in [5, 5.41) is 46.8. The van der Waals surface area contributed by atoms with E-state index in [2.05, 4.69) is 5.32 Å². The highest BCUT2D eigenvalue weighted by atomic mass is 16.6. The average Bonchev–Trinajstić information content (AvgIpc) is 3.56. The fourth-order valence-electron chi connectivity index (χ4n) is 5.14. The second kappa shape index (κ2) is 18.2. The lowest BCUT2D eigenvalue weighted by atomic mass is 10.0. The second-order valence-corrected chi connectivity index (χ2v) is 11.9. The van der Waals surface area contributed by atoms with Crippen molar-refractivity contribution in [1.82, 2.24) is 5.32 Å². The van der Waals surface area contributed by atoms with Gasteiger partial charge in [0.25, 0.3) is 0 Å². The highest BCUT2D eigenvalue weighted by Crippen LogP contribution is 2.33. The summed E-state index contributed by atoms with van der Waals surface area (Å²) >= 11 is 0. The molecular formula is C33H45N2O12+. The zero-order chi connectivity index (χ0) is 34.5. The lowest BCUT2D eigenvalue weighted by molar-refractivity contribution is -0.889. The Bertz CT molecular complexity index is 1330. The maximum Gasteiger partial charge on any atom is 0.335 e. The number of carbonyl (C=O) groups excluding carboxylic acids is 2. The number of amides is 1. The summed E-state index contributed by atoms with van der Waals surface area (Å²) in [6.45, 7) is 7.95. The third-order valence-corrected chi connectivity index (χ3v) is 7.63. The number of quaternary nitrogens is 1. The van der Waals surface area contributed by atoms with Gasteiger partial charge in [-0.1, -0.05) is 19.9 Å². The van der Waals surface area contributed by atoms with Crippen molar-refractivity contribution in [2.24, 2.45) is 5.92 Å². The Morgan fingerprint density at radius 3 is 2.04 bits per heavy atom. The summed E-state index contributed by atoms with van der Waals surface area (Å²) in [5.41, 5.74) is 1.36. The Morgan fingerprint density at radius 1 is 0.872 bits per heavy atom. The van der Waals surface area contributed by atoms with Crippen molar-refractivity contribution in [2.75, 3.05) is 39.5 Å². The van der Waals surface area contributed by atoms with Gasteiger partial charge in [0.2, 0.25) is 5.91 Å². The van der Waals surface area contributed by atoms with Gasteiger partial charge in [0.1, 0.15) is 37.7 Å². The number of nitrogens with one attached hydrogen (secondary N) is 2. The van der Waals surface area contributed by atoms with Gasteiger partial charge in [0, 0.05) is 24.8 Å².